The summed E-state index contributed by atoms with van der Waals surface area (Å²) in [5, 5.41) is 8.51. The van der Waals surface area contributed by atoms with Crippen molar-refractivity contribution in [3.8, 4) is 0 Å². The van der Waals surface area contributed by atoms with E-state index in [1.165, 1.54) is 55.2 Å². The van der Waals surface area contributed by atoms with E-state index in [0.717, 1.165) is 18.5 Å². The van der Waals surface area contributed by atoms with Gasteiger partial charge in [-0.1, -0.05) is 50.3 Å². The molecule has 2 aliphatic rings. The van der Waals surface area contributed by atoms with Crippen LogP contribution in [0.15, 0.2) is 84.5 Å². The van der Waals surface area contributed by atoms with Gasteiger partial charge in [-0.25, -0.2) is 0 Å². The Morgan fingerprint density at radius 1 is 0.879 bits per heavy atom. The molecule has 2 aliphatic carbocycles. The highest BCUT2D eigenvalue weighted by Gasteiger charge is 2.37. The Bertz CT molecular complexity index is 1470. The van der Waals surface area contributed by atoms with Crippen LogP contribution in [0.4, 0.5) is 17.1 Å². The van der Waals surface area contributed by atoms with Crippen molar-refractivity contribution in [2.75, 3.05) is 24.3 Å². The number of nitrogens with zero attached hydrogens (tertiary/aromatic N) is 1. The number of hydrogen-bond acceptors (Lipinski definition) is 2. The summed E-state index contributed by atoms with van der Waals surface area (Å²) in [4.78, 5) is 2.35. The highest BCUT2D eigenvalue weighted by Crippen LogP contribution is 2.52. The molecule has 0 unspecified atom stereocenters. The highest BCUT2D eigenvalue weighted by molar-refractivity contribution is 6.14. The molecule has 4 aromatic rings. The highest BCUT2D eigenvalue weighted by atomic mass is 15.1. The molecule has 0 radical (unpaired) electrons. The van der Waals surface area contributed by atoms with Crippen molar-refractivity contribution in [1.29, 1.82) is 0 Å². The smallest absolute Gasteiger partial charge is 0.0568 e. The zero-order valence-electron chi connectivity index (χ0n) is 19.9. The van der Waals surface area contributed by atoms with E-state index >= 15 is 0 Å². The fourth-order valence-corrected chi connectivity index (χ4v) is 5.88. The van der Waals surface area contributed by atoms with Crippen molar-refractivity contribution >= 4 is 44.2 Å². The molecule has 0 bridgehead atoms. The molecule has 2 heteroatoms. The topological polar surface area (TPSA) is 15.3 Å². The molecule has 164 valence electrons. The first kappa shape index (κ1) is 20.1. The zero-order valence-corrected chi connectivity index (χ0v) is 19.9. The van der Waals surface area contributed by atoms with Gasteiger partial charge in [0.2, 0.25) is 0 Å². The number of rotatable bonds is 3. The zero-order chi connectivity index (χ0) is 22.7. The van der Waals surface area contributed by atoms with Crippen LogP contribution in [0.25, 0.3) is 27.1 Å². The molecule has 0 amide bonds. The van der Waals surface area contributed by atoms with Gasteiger partial charge in [0, 0.05) is 41.7 Å². The monoisotopic (exact) mass is 430 g/mol. The molecule has 2 nitrogen and oxygen atoms in total. The van der Waals surface area contributed by atoms with E-state index in [1.807, 2.05) is 7.05 Å². The van der Waals surface area contributed by atoms with Crippen LogP contribution >= 0.6 is 0 Å². The second kappa shape index (κ2) is 7.25. The van der Waals surface area contributed by atoms with Crippen LogP contribution in [0.2, 0.25) is 0 Å². The van der Waals surface area contributed by atoms with E-state index in [1.54, 1.807) is 0 Å². The van der Waals surface area contributed by atoms with Crippen LogP contribution in [-0.2, 0) is 5.41 Å². The van der Waals surface area contributed by atoms with E-state index in [9.17, 15) is 0 Å². The molecular formula is C31H30N2. The van der Waals surface area contributed by atoms with Crippen molar-refractivity contribution in [3.05, 3.63) is 95.6 Å². The normalized spacial score (nSPS) is 16.2. The van der Waals surface area contributed by atoms with Gasteiger partial charge < -0.3 is 10.2 Å². The Morgan fingerprint density at radius 3 is 2.45 bits per heavy atom. The van der Waals surface area contributed by atoms with Crippen LogP contribution in [0.5, 0.6) is 0 Å². The first-order valence-electron chi connectivity index (χ1n) is 11.9. The van der Waals surface area contributed by atoms with E-state index in [-0.39, 0.29) is 5.41 Å². The number of fused-ring (bicyclic) bond motifs is 4. The average molecular weight is 431 g/mol. The summed E-state index contributed by atoms with van der Waals surface area (Å²) in [5.41, 5.74) is 9.59. The lowest BCUT2D eigenvalue weighted by molar-refractivity contribution is 0.652. The van der Waals surface area contributed by atoms with E-state index in [2.05, 4.69) is 110 Å². The number of allylic oxidation sites excluding steroid dienone is 4. The Kier molecular flexibility index (Phi) is 4.42. The molecule has 0 heterocycles. The fourth-order valence-electron chi connectivity index (χ4n) is 5.88. The van der Waals surface area contributed by atoms with Crippen LogP contribution in [0, 0.1) is 0 Å². The van der Waals surface area contributed by atoms with Crippen LogP contribution < -0.4 is 10.2 Å². The molecule has 1 N–H and O–H groups in total. The SMILES string of the molecule is CNc1ccc2cc3cc4c(cc3c(N(C)c3ccccc3)c2c1)C1=C(C=CCC1)C4(C)C. The molecule has 0 fully saturated rings. The maximum Gasteiger partial charge on any atom is 0.0568 e. The number of hydrogen-bond donors (Lipinski definition) is 1. The van der Waals surface area contributed by atoms with E-state index in [4.69, 9.17) is 0 Å². The van der Waals surface area contributed by atoms with Gasteiger partial charge in [0.25, 0.3) is 0 Å². The first-order chi connectivity index (χ1) is 16.0. The summed E-state index contributed by atoms with van der Waals surface area (Å²) in [6, 6.07) is 24.7. The second-order valence-corrected chi connectivity index (χ2v) is 9.88. The van der Waals surface area contributed by atoms with Crippen molar-refractivity contribution < 1.29 is 0 Å². The van der Waals surface area contributed by atoms with Gasteiger partial charge in [0.15, 0.2) is 0 Å². The lowest BCUT2D eigenvalue weighted by atomic mass is 9.79. The van der Waals surface area contributed by atoms with E-state index in [0.29, 0.717) is 0 Å². The predicted octanol–water partition coefficient (Wildman–Crippen LogP) is 8.20. The van der Waals surface area contributed by atoms with Gasteiger partial charge in [-0.2, -0.15) is 0 Å². The third kappa shape index (κ3) is 2.94. The number of benzene rings is 4. The van der Waals surface area contributed by atoms with Gasteiger partial charge in [-0.3, -0.25) is 0 Å². The van der Waals surface area contributed by atoms with Gasteiger partial charge in [0.05, 0.1) is 5.69 Å². The standard InChI is InChI=1S/C31H30N2/c1-31(2)28-13-9-8-12-24(28)27-19-26-21(17-29(27)31)16-20-14-15-22(32-3)18-25(20)30(26)33(4)23-10-6-5-7-11-23/h5-7,9-11,13-19,32H,8,12H2,1-4H3. The predicted molar refractivity (Wildman–Crippen MR) is 144 cm³/mol. The number of anilines is 3. The lowest BCUT2D eigenvalue weighted by Gasteiger charge is -2.26. The molecule has 6 rings (SSSR count). The Labute approximate surface area is 196 Å². The van der Waals surface area contributed by atoms with E-state index < -0.39 is 0 Å². The largest absolute Gasteiger partial charge is 0.388 e. The number of para-hydroxylation sites is 1. The fraction of sp³-hybridized carbons (Fsp3) is 0.226. The molecule has 0 aromatic heterocycles. The van der Waals surface area contributed by atoms with Crippen LogP contribution in [-0.4, -0.2) is 14.1 Å². The molecule has 0 saturated carbocycles. The molecule has 4 aromatic carbocycles. The van der Waals surface area contributed by atoms with Crippen LogP contribution in [0.1, 0.15) is 37.8 Å². The van der Waals surface area contributed by atoms with Crippen molar-refractivity contribution in [2.24, 2.45) is 0 Å². The molecule has 0 aliphatic heterocycles. The minimum Gasteiger partial charge on any atom is -0.388 e. The molecule has 0 saturated heterocycles. The maximum absolute atomic E-state index is 3.33. The maximum atomic E-state index is 3.33. The minimum absolute atomic E-state index is 0.0478. The lowest BCUT2D eigenvalue weighted by Crippen LogP contribution is -2.16. The van der Waals surface area contributed by atoms with Gasteiger partial charge in [-0.05, 0) is 88.4 Å². The van der Waals surface area contributed by atoms with Gasteiger partial charge >= 0.3 is 0 Å². The molecular weight excluding hydrogens is 400 g/mol. The molecule has 0 spiro atoms. The second-order valence-electron chi connectivity index (χ2n) is 9.88. The summed E-state index contributed by atoms with van der Waals surface area (Å²) in [6.07, 6.45) is 6.98. The molecule has 0 atom stereocenters. The number of nitrogens with one attached hydrogen (secondary N) is 1. The summed E-state index contributed by atoms with van der Waals surface area (Å²) >= 11 is 0. The van der Waals surface area contributed by atoms with Crippen molar-refractivity contribution in [1.82, 2.24) is 0 Å². The Balaban J connectivity index is 1.71. The van der Waals surface area contributed by atoms with Crippen LogP contribution in [0.3, 0.4) is 0 Å². The summed E-state index contributed by atoms with van der Waals surface area (Å²) in [5.74, 6) is 0. The average Bonchev–Trinajstić information content (AvgIpc) is 3.07. The van der Waals surface area contributed by atoms with Gasteiger partial charge in [0.1, 0.15) is 0 Å². The summed E-state index contributed by atoms with van der Waals surface area (Å²) in [7, 11) is 4.18. The van der Waals surface area contributed by atoms with Crippen molar-refractivity contribution in [3.63, 3.8) is 0 Å². The van der Waals surface area contributed by atoms with Crippen molar-refractivity contribution in [2.45, 2.75) is 32.1 Å². The summed E-state index contributed by atoms with van der Waals surface area (Å²) in [6.45, 7) is 4.76. The minimum atomic E-state index is 0.0478. The third-order valence-corrected chi connectivity index (χ3v) is 7.67. The first-order valence-corrected chi connectivity index (χ1v) is 11.9. The third-order valence-electron chi connectivity index (χ3n) is 7.67. The Hall–Kier alpha value is -3.52. The Morgan fingerprint density at radius 2 is 1.67 bits per heavy atom. The summed E-state index contributed by atoms with van der Waals surface area (Å²) < 4.78 is 0. The quantitative estimate of drug-likeness (QED) is 0.330. The molecule has 33 heavy (non-hydrogen) atoms. The van der Waals surface area contributed by atoms with Gasteiger partial charge in [-0.15, -0.1) is 0 Å².